The van der Waals surface area contributed by atoms with Crippen LogP contribution >= 0.6 is 11.3 Å². The molecule has 86 valence electrons. The second-order valence-corrected chi connectivity index (χ2v) is 6.13. The van der Waals surface area contributed by atoms with Gasteiger partial charge < -0.3 is 5.73 Å². The van der Waals surface area contributed by atoms with Crippen LogP contribution < -0.4 is 10.5 Å². The molecule has 1 aromatic rings. The summed E-state index contributed by atoms with van der Waals surface area (Å²) in [7, 11) is -3.20. The van der Waals surface area contributed by atoms with E-state index in [9.17, 15) is 8.42 Å². The monoisotopic (exact) mass is 249 g/mol. The lowest BCUT2D eigenvalue weighted by Gasteiger charge is -2.03. The maximum atomic E-state index is 11.4. The summed E-state index contributed by atoms with van der Waals surface area (Å²) in [6, 6.07) is 0. The average molecular weight is 249 g/mol. The molecule has 0 bridgehead atoms. The molecular formula is C8H15N3O2S2. The molecule has 0 radical (unpaired) electrons. The maximum absolute atomic E-state index is 11.4. The van der Waals surface area contributed by atoms with Crippen LogP contribution in [0.25, 0.3) is 0 Å². The van der Waals surface area contributed by atoms with Crippen molar-refractivity contribution in [1.82, 2.24) is 9.71 Å². The van der Waals surface area contributed by atoms with Crippen molar-refractivity contribution in [1.29, 1.82) is 0 Å². The number of sulfonamides is 1. The third-order valence-electron chi connectivity index (χ3n) is 1.76. The Hall–Kier alpha value is -0.500. The van der Waals surface area contributed by atoms with Gasteiger partial charge in [0.1, 0.15) is 0 Å². The zero-order chi connectivity index (χ0) is 11.3. The fraction of sp³-hybridized carbons (Fsp3) is 0.625. The van der Waals surface area contributed by atoms with Crippen LogP contribution in [0.1, 0.15) is 17.1 Å². The normalized spacial score (nSPS) is 11.9. The first-order valence-corrected chi connectivity index (χ1v) is 7.15. The highest BCUT2D eigenvalue weighted by Crippen LogP contribution is 2.07. The number of nitrogens with zero attached hydrogens (tertiary/aromatic N) is 1. The van der Waals surface area contributed by atoms with E-state index in [1.165, 1.54) is 11.3 Å². The molecule has 15 heavy (non-hydrogen) atoms. The fourth-order valence-electron chi connectivity index (χ4n) is 1.02. The van der Waals surface area contributed by atoms with E-state index in [0.717, 1.165) is 10.7 Å². The topological polar surface area (TPSA) is 85.1 Å². The van der Waals surface area contributed by atoms with Gasteiger partial charge in [-0.15, -0.1) is 11.3 Å². The number of aromatic nitrogens is 1. The number of hydrogen-bond donors (Lipinski definition) is 2. The van der Waals surface area contributed by atoms with Crippen LogP contribution in [-0.2, 0) is 16.6 Å². The smallest absolute Gasteiger partial charge is 0.211 e. The molecule has 0 spiro atoms. The molecule has 5 nitrogen and oxygen atoms in total. The van der Waals surface area contributed by atoms with E-state index in [0.29, 0.717) is 13.0 Å². The van der Waals surface area contributed by atoms with Gasteiger partial charge in [0.25, 0.3) is 0 Å². The van der Waals surface area contributed by atoms with E-state index < -0.39 is 10.0 Å². The SMILES string of the molecule is Cc1nc(CNS(=O)(=O)CCCN)cs1. The summed E-state index contributed by atoms with van der Waals surface area (Å²) in [5.41, 5.74) is 6.00. The Bertz CT molecular complexity index is 400. The van der Waals surface area contributed by atoms with Gasteiger partial charge in [0.05, 0.1) is 23.0 Å². The third-order valence-corrected chi connectivity index (χ3v) is 3.99. The molecule has 1 rings (SSSR count). The van der Waals surface area contributed by atoms with Crippen molar-refractivity contribution in [2.75, 3.05) is 12.3 Å². The minimum Gasteiger partial charge on any atom is -0.330 e. The van der Waals surface area contributed by atoms with E-state index in [-0.39, 0.29) is 12.3 Å². The highest BCUT2D eigenvalue weighted by Gasteiger charge is 2.09. The van der Waals surface area contributed by atoms with Gasteiger partial charge in [-0.25, -0.2) is 18.1 Å². The van der Waals surface area contributed by atoms with Crippen molar-refractivity contribution in [3.05, 3.63) is 16.1 Å². The molecule has 0 aliphatic rings. The predicted octanol–water partition coefficient (Wildman–Crippen LogP) is 0.220. The molecule has 0 saturated heterocycles. The molecule has 0 saturated carbocycles. The highest BCUT2D eigenvalue weighted by molar-refractivity contribution is 7.89. The number of hydrogen-bond acceptors (Lipinski definition) is 5. The van der Waals surface area contributed by atoms with Gasteiger partial charge in [-0.1, -0.05) is 0 Å². The zero-order valence-corrected chi connectivity index (χ0v) is 10.2. The molecule has 3 N–H and O–H groups in total. The summed E-state index contributed by atoms with van der Waals surface area (Å²) >= 11 is 1.51. The molecule has 1 aromatic heterocycles. The molecular weight excluding hydrogens is 234 g/mol. The molecule has 0 aliphatic carbocycles. The summed E-state index contributed by atoms with van der Waals surface area (Å²) in [4.78, 5) is 4.16. The standard InChI is InChI=1S/C8H15N3O2S2/c1-7-11-8(6-14-7)5-10-15(12,13)4-2-3-9/h6,10H,2-5,9H2,1H3. The Kier molecular flexibility index (Phi) is 4.65. The fourth-order valence-corrected chi connectivity index (χ4v) is 2.69. The average Bonchev–Trinajstić information content (AvgIpc) is 2.59. The second-order valence-electron chi connectivity index (χ2n) is 3.14. The minimum absolute atomic E-state index is 0.0760. The molecule has 0 aliphatic heterocycles. The molecule has 0 fully saturated rings. The summed E-state index contributed by atoms with van der Waals surface area (Å²) in [6.45, 7) is 2.53. The second kappa shape index (κ2) is 5.55. The van der Waals surface area contributed by atoms with Gasteiger partial charge in [0.15, 0.2) is 0 Å². The molecule has 0 amide bonds. The van der Waals surface area contributed by atoms with Gasteiger partial charge >= 0.3 is 0 Å². The number of thiazole rings is 1. The Balaban J connectivity index is 2.42. The zero-order valence-electron chi connectivity index (χ0n) is 8.56. The van der Waals surface area contributed by atoms with Crippen LogP contribution in [0.3, 0.4) is 0 Å². The number of aryl methyl sites for hydroxylation is 1. The van der Waals surface area contributed by atoms with Crippen LogP contribution in [0.4, 0.5) is 0 Å². The van der Waals surface area contributed by atoms with E-state index in [1.54, 1.807) is 0 Å². The summed E-state index contributed by atoms with van der Waals surface area (Å²) in [5, 5.41) is 2.78. The van der Waals surface area contributed by atoms with Gasteiger partial charge in [0.2, 0.25) is 10.0 Å². The van der Waals surface area contributed by atoms with Crippen LogP contribution in [-0.4, -0.2) is 25.7 Å². The molecule has 0 unspecified atom stereocenters. The van der Waals surface area contributed by atoms with Crippen LogP contribution in [0.5, 0.6) is 0 Å². The quantitative estimate of drug-likeness (QED) is 0.755. The summed E-state index contributed by atoms with van der Waals surface area (Å²) < 4.78 is 25.2. The lowest BCUT2D eigenvalue weighted by atomic mass is 10.5. The largest absolute Gasteiger partial charge is 0.330 e. The van der Waals surface area contributed by atoms with Crippen LogP contribution in [0.2, 0.25) is 0 Å². The lowest BCUT2D eigenvalue weighted by Crippen LogP contribution is -2.27. The van der Waals surface area contributed by atoms with Crippen LogP contribution in [0, 0.1) is 6.92 Å². The third kappa shape index (κ3) is 4.70. The first-order valence-electron chi connectivity index (χ1n) is 4.62. The molecule has 0 aromatic carbocycles. The Labute approximate surface area is 93.8 Å². The van der Waals surface area contributed by atoms with Gasteiger partial charge in [-0.05, 0) is 19.9 Å². The van der Waals surface area contributed by atoms with Crippen LogP contribution in [0.15, 0.2) is 5.38 Å². The van der Waals surface area contributed by atoms with Gasteiger partial charge in [-0.2, -0.15) is 0 Å². The molecule has 0 atom stereocenters. The summed E-state index contributed by atoms with van der Waals surface area (Å²) in [6.07, 6.45) is 0.478. The first kappa shape index (κ1) is 12.6. The summed E-state index contributed by atoms with van der Waals surface area (Å²) in [5.74, 6) is 0.0760. The number of rotatable bonds is 6. The Morgan fingerprint density at radius 2 is 2.33 bits per heavy atom. The Morgan fingerprint density at radius 1 is 1.60 bits per heavy atom. The van der Waals surface area contributed by atoms with E-state index >= 15 is 0 Å². The van der Waals surface area contributed by atoms with Crippen molar-refractivity contribution in [2.24, 2.45) is 5.73 Å². The lowest BCUT2D eigenvalue weighted by molar-refractivity contribution is 0.578. The molecule has 7 heteroatoms. The minimum atomic E-state index is -3.20. The number of nitrogens with one attached hydrogen (secondary N) is 1. The van der Waals surface area contributed by atoms with Crippen molar-refractivity contribution in [3.8, 4) is 0 Å². The predicted molar refractivity (Wildman–Crippen MR) is 61.1 cm³/mol. The maximum Gasteiger partial charge on any atom is 0.211 e. The van der Waals surface area contributed by atoms with E-state index in [1.807, 2.05) is 12.3 Å². The van der Waals surface area contributed by atoms with Gasteiger partial charge in [0, 0.05) is 5.38 Å². The molecule has 1 heterocycles. The Morgan fingerprint density at radius 3 is 2.87 bits per heavy atom. The van der Waals surface area contributed by atoms with E-state index in [2.05, 4.69) is 9.71 Å². The number of nitrogens with two attached hydrogens (primary N) is 1. The van der Waals surface area contributed by atoms with Crippen molar-refractivity contribution in [2.45, 2.75) is 19.9 Å². The van der Waals surface area contributed by atoms with E-state index in [4.69, 9.17) is 5.73 Å². The van der Waals surface area contributed by atoms with Gasteiger partial charge in [-0.3, -0.25) is 0 Å². The first-order chi connectivity index (χ1) is 7.03. The van der Waals surface area contributed by atoms with Crippen molar-refractivity contribution >= 4 is 21.4 Å². The van der Waals surface area contributed by atoms with Crippen molar-refractivity contribution < 1.29 is 8.42 Å². The van der Waals surface area contributed by atoms with Crippen molar-refractivity contribution in [3.63, 3.8) is 0 Å². The highest BCUT2D eigenvalue weighted by atomic mass is 32.2.